The van der Waals surface area contributed by atoms with Gasteiger partial charge in [-0.25, -0.2) is 8.42 Å². The molecule has 2 saturated heterocycles. The average Bonchev–Trinajstić information content (AvgIpc) is 2.95. The minimum Gasteiger partial charge on any atom is -0.373 e. The summed E-state index contributed by atoms with van der Waals surface area (Å²) < 4.78 is 28.3. The summed E-state index contributed by atoms with van der Waals surface area (Å²) in [7, 11) is -1.42. The smallest absolute Gasteiger partial charge is 0.191 e. The van der Waals surface area contributed by atoms with Crippen LogP contribution in [0.4, 0.5) is 0 Å². The SMILES string of the molecule is CN=C(NCC(C)(C)S(C)(=O)=O)NC1CC2CCC1O2.I. The van der Waals surface area contributed by atoms with Crippen LogP contribution in [0.15, 0.2) is 4.99 Å². The van der Waals surface area contributed by atoms with Crippen molar-refractivity contribution in [3.63, 3.8) is 0 Å². The first-order valence-electron chi connectivity index (χ1n) is 7.05. The monoisotopic (exact) mass is 431 g/mol. The number of fused-ring (bicyclic) bond motifs is 2. The number of halogens is 1. The summed E-state index contributed by atoms with van der Waals surface area (Å²) in [6.07, 6.45) is 5.14. The first kappa shape index (κ1) is 19.0. The van der Waals surface area contributed by atoms with Crippen LogP contribution in [0.5, 0.6) is 0 Å². The number of sulfone groups is 1. The molecule has 3 unspecified atom stereocenters. The van der Waals surface area contributed by atoms with Crippen molar-refractivity contribution in [2.75, 3.05) is 19.8 Å². The number of ether oxygens (including phenoxy) is 1. The number of hydrogen-bond acceptors (Lipinski definition) is 4. The zero-order valence-electron chi connectivity index (χ0n) is 13.0. The normalized spacial score (nSPS) is 29.1. The quantitative estimate of drug-likeness (QED) is 0.393. The second-order valence-electron chi connectivity index (χ2n) is 6.32. The van der Waals surface area contributed by atoms with Crippen LogP contribution in [0.3, 0.4) is 0 Å². The highest BCUT2D eigenvalue weighted by Gasteiger charge is 2.41. The van der Waals surface area contributed by atoms with Gasteiger partial charge in [0.2, 0.25) is 0 Å². The van der Waals surface area contributed by atoms with Gasteiger partial charge in [0, 0.05) is 19.8 Å². The van der Waals surface area contributed by atoms with E-state index in [1.54, 1.807) is 20.9 Å². The standard InChI is InChI=1S/C13H25N3O3S.HI/c1-13(2,20(4,17)18)8-15-12(14-3)16-10-7-9-5-6-11(10)19-9;/h9-11H,5-8H2,1-4H3,(H2,14,15,16);1H. The highest BCUT2D eigenvalue weighted by Crippen LogP contribution is 2.34. The van der Waals surface area contributed by atoms with Gasteiger partial charge in [0.05, 0.1) is 23.0 Å². The Bertz CT molecular complexity index is 493. The molecule has 0 aliphatic carbocycles. The summed E-state index contributed by atoms with van der Waals surface area (Å²) in [5.41, 5.74) is 0. The maximum Gasteiger partial charge on any atom is 0.191 e. The Morgan fingerprint density at radius 2 is 2.05 bits per heavy atom. The molecule has 0 amide bonds. The minimum absolute atomic E-state index is 0. The summed E-state index contributed by atoms with van der Waals surface area (Å²) in [5.74, 6) is 0.642. The molecule has 0 aromatic heterocycles. The van der Waals surface area contributed by atoms with Gasteiger partial charge in [0.1, 0.15) is 0 Å². The third-order valence-corrected chi connectivity index (χ3v) is 6.49. The Morgan fingerprint density at radius 3 is 2.48 bits per heavy atom. The molecule has 2 N–H and O–H groups in total. The molecule has 2 aliphatic heterocycles. The molecule has 124 valence electrons. The van der Waals surface area contributed by atoms with Crippen LogP contribution in [-0.4, -0.2) is 57.2 Å². The molecule has 3 atom stereocenters. The van der Waals surface area contributed by atoms with Gasteiger partial charge < -0.3 is 15.4 Å². The van der Waals surface area contributed by atoms with Gasteiger partial charge in [0.25, 0.3) is 0 Å². The van der Waals surface area contributed by atoms with E-state index in [0.717, 1.165) is 19.3 Å². The predicted octanol–water partition coefficient (Wildman–Crippen LogP) is 0.912. The van der Waals surface area contributed by atoms with Crippen LogP contribution >= 0.6 is 24.0 Å². The van der Waals surface area contributed by atoms with Crippen molar-refractivity contribution in [2.45, 2.75) is 56.1 Å². The highest BCUT2D eigenvalue weighted by atomic mass is 127. The summed E-state index contributed by atoms with van der Waals surface area (Å²) in [4.78, 5) is 4.16. The van der Waals surface area contributed by atoms with Gasteiger partial charge in [-0.15, -0.1) is 24.0 Å². The van der Waals surface area contributed by atoms with E-state index < -0.39 is 14.6 Å². The Kier molecular flexibility index (Phi) is 6.31. The van der Waals surface area contributed by atoms with Gasteiger partial charge in [-0.1, -0.05) is 0 Å². The van der Waals surface area contributed by atoms with E-state index in [0.29, 0.717) is 18.6 Å². The fraction of sp³-hybridized carbons (Fsp3) is 0.923. The average molecular weight is 431 g/mol. The second-order valence-corrected chi connectivity index (χ2v) is 8.97. The molecule has 6 nitrogen and oxygen atoms in total. The molecule has 0 radical (unpaired) electrons. The van der Waals surface area contributed by atoms with Crippen LogP contribution < -0.4 is 10.6 Å². The van der Waals surface area contributed by atoms with Crippen molar-refractivity contribution < 1.29 is 13.2 Å². The molecule has 0 aromatic rings. The predicted molar refractivity (Wildman–Crippen MR) is 95.1 cm³/mol. The van der Waals surface area contributed by atoms with E-state index in [2.05, 4.69) is 15.6 Å². The first-order chi connectivity index (χ1) is 9.23. The third kappa shape index (κ3) is 4.44. The molecule has 0 spiro atoms. The van der Waals surface area contributed by atoms with Gasteiger partial charge in [-0.05, 0) is 33.1 Å². The molecule has 2 bridgehead atoms. The van der Waals surface area contributed by atoms with Crippen LogP contribution in [0.2, 0.25) is 0 Å². The van der Waals surface area contributed by atoms with E-state index in [9.17, 15) is 8.42 Å². The third-order valence-electron chi connectivity index (χ3n) is 4.34. The molecule has 0 saturated carbocycles. The maximum absolute atomic E-state index is 11.7. The zero-order chi connectivity index (χ0) is 15.0. The largest absolute Gasteiger partial charge is 0.373 e. The van der Waals surface area contributed by atoms with Crippen molar-refractivity contribution in [3.05, 3.63) is 0 Å². The van der Waals surface area contributed by atoms with E-state index in [1.807, 2.05) is 0 Å². The Labute approximate surface area is 144 Å². The van der Waals surface area contributed by atoms with E-state index in [-0.39, 0.29) is 36.1 Å². The number of aliphatic imine (C=N–C) groups is 1. The van der Waals surface area contributed by atoms with Crippen molar-refractivity contribution in [2.24, 2.45) is 4.99 Å². The van der Waals surface area contributed by atoms with E-state index >= 15 is 0 Å². The van der Waals surface area contributed by atoms with E-state index in [1.165, 1.54) is 6.26 Å². The molecule has 2 aliphatic rings. The number of rotatable bonds is 4. The molecular formula is C13H26IN3O3S. The molecule has 2 heterocycles. The molecule has 2 fully saturated rings. The Morgan fingerprint density at radius 1 is 1.38 bits per heavy atom. The van der Waals surface area contributed by atoms with Gasteiger partial charge in [-0.3, -0.25) is 4.99 Å². The lowest BCUT2D eigenvalue weighted by Gasteiger charge is -2.26. The first-order valence-corrected chi connectivity index (χ1v) is 8.94. The summed E-state index contributed by atoms with van der Waals surface area (Å²) in [6, 6.07) is 0.279. The lowest BCUT2D eigenvalue weighted by molar-refractivity contribution is 0.0992. The van der Waals surface area contributed by atoms with Gasteiger partial charge in [-0.2, -0.15) is 0 Å². The molecule has 21 heavy (non-hydrogen) atoms. The van der Waals surface area contributed by atoms with Gasteiger partial charge in [0.15, 0.2) is 15.8 Å². The van der Waals surface area contributed by atoms with Crippen LogP contribution in [-0.2, 0) is 14.6 Å². The van der Waals surface area contributed by atoms with Crippen molar-refractivity contribution in [1.82, 2.24) is 10.6 Å². The molecular weight excluding hydrogens is 405 g/mol. The number of hydrogen-bond donors (Lipinski definition) is 2. The minimum atomic E-state index is -3.11. The van der Waals surface area contributed by atoms with E-state index in [4.69, 9.17) is 4.74 Å². The molecule has 2 rings (SSSR count). The maximum atomic E-state index is 11.7. The van der Waals surface area contributed by atoms with Gasteiger partial charge >= 0.3 is 0 Å². The topological polar surface area (TPSA) is 79.8 Å². The number of nitrogens with one attached hydrogen (secondary N) is 2. The molecule has 8 heteroatoms. The number of guanidine groups is 1. The zero-order valence-corrected chi connectivity index (χ0v) is 16.2. The lowest BCUT2D eigenvalue weighted by atomic mass is 9.96. The lowest BCUT2D eigenvalue weighted by Crippen LogP contribution is -2.51. The summed E-state index contributed by atoms with van der Waals surface area (Å²) in [6.45, 7) is 3.75. The summed E-state index contributed by atoms with van der Waals surface area (Å²) >= 11 is 0. The van der Waals surface area contributed by atoms with Crippen LogP contribution in [0.25, 0.3) is 0 Å². The fourth-order valence-electron chi connectivity index (χ4n) is 2.59. The fourth-order valence-corrected chi connectivity index (χ4v) is 2.92. The number of nitrogens with zero attached hydrogens (tertiary/aromatic N) is 1. The van der Waals surface area contributed by atoms with Crippen LogP contribution in [0.1, 0.15) is 33.1 Å². The van der Waals surface area contributed by atoms with Crippen molar-refractivity contribution >= 4 is 39.8 Å². The Hall–Kier alpha value is -0.0900. The van der Waals surface area contributed by atoms with Crippen LogP contribution in [0, 0.1) is 0 Å². The second kappa shape index (κ2) is 6.99. The highest BCUT2D eigenvalue weighted by molar-refractivity contribution is 14.0. The van der Waals surface area contributed by atoms with Crippen molar-refractivity contribution in [3.8, 4) is 0 Å². The summed E-state index contributed by atoms with van der Waals surface area (Å²) in [5, 5.41) is 6.45. The molecule has 0 aromatic carbocycles. The van der Waals surface area contributed by atoms with Crippen molar-refractivity contribution in [1.29, 1.82) is 0 Å². The Balaban J connectivity index is 0.00000220.